The number of hydrogen-bond acceptors (Lipinski definition) is 14. The van der Waals surface area contributed by atoms with Crippen LogP contribution in [0.5, 0.6) is 0 Å². The molecule has 0 aliphatic rings. The van der Waals surface area contributed by atoms with Crippen molar-refractivity contribution in [1.82, 2.24) is 19.9 Å². The molecular formula is C54H44N10Na2O6S2. The minimum atomic E-state index is -4.85. The molecule has 0 aliphatic heterocycles. The zero-order valence-corrected chi connectivity index (χ0v) is 39.4. The summed E-state index contributed by atoms with van der Waals surface area (Å²) >= 11 is 0. The molecule has 0 amide bonds. The zero-order valence-electron chi connectivity index (χ0n) is 37.8. The molecule has 8 aromatic carbocycles. The van der Waals surface area contributed by atoms with Crippen molar-refractivity contribution in [3.05, 3.63) is 205 Å². The van der Waals surface area contributed by atoms with Crippen LogP contribution in [0.2, 0.25) is 0 Å². The van der Waals surface area contributed by atoms with E-state index in [2.05, 4.69) is 51.8 Å². The first-order valence-corrected chi connectivity index (χ1v) is 25.1. The second-order valence-electron chi connectivity index (χ2n) is 16.3. The number of anilines is 12. The fraction of sp³-hybridized carbons (Fsp3) is 0. The van der Waals surface area contributed by atoms with Gasteiger partial charge in [0.25, 0.3) is 20.2 Å². The van der Waals surface area contributed by atoms with Crippen molar-refractivity contribution in [3.8, 4) is 0 Å². The third-order valence-electron chi connectivity index (χ3n) is 11.1. The summed E-state index contributed by atoms with van der Waals surface area (Å²) in [7, 11) is -9.71. The summed E-state index contributed by atoms with van der Waals surface area (Å²) in [6.07, 6.45) is 2.64. The molecule has 0 saturated carbocycles. The fourth-order valence-electron chi connectivity index (χ4n) is 7.82. The predicted octanol–water partition coefficient (Wildman–Crippen LogP) is 11.4. The number of rotatable bonds is 16. The summed E-state index contributed by atoms with van der Waals surface area (Å²) in [6, 6.07) is 58.1. The van der Waals surface area contributed by atoms with E-state index >= 15 is 0 Å². The molecule has 0 atom stereocenters. The van der Waals surface area contributed by atoms with E-state index < -0.39 is 30.0 Å². The summed E-state index contributed by atoms with van der Waals surface area (Å²) in [5.41, 5.74) is 3.54. The van der Waals surface area contributed by atoms with Crippen molar-refractivity contribution in [2.75, 3.05) is 31.9 Å². The Kier molecular flexibility index (Phi) is 16.7. The Morgan fingerprint density at radius 2 is 0.635 bits per heavy atom. The average Bonchev–Trinajstić information content (AvgIpc) is 3.36. The van der Waals surface area contributed by atoms with Gasteiger partial charge >= 0.3 is 59.1 Å². The molecular weight excluding hydrogens is 995 g/mol. The van der Waals surface area contributed by atoms with E-state index in [1.165, 1.54) is 36.4 Å². The Morgan fingerprint density at radius 3 is 1.00 bits per heavy atom. The first kappa shape index (κ1) is 53.1. The van der Waals surface area contributed by atoms with Gasteiger partial charge in [0, 0.05) is 46.3 Å². The van der Waals surface area contributed by atoms with Crippen molar-refractivity contribution in [3.63, 3.8) is 0 Å². The van der Waals surface area contributed by atoms with Crippen LogP contribution in [0.25, 0.3) is 33.7 Å². The molecule has 0 saturated heterocycles. The average molecular weight is 1040 g/mol. The van der Waals surface area contributed by atoms with Gasteiger partial charge < -0.3 is 31.9 Å². The number of nitrogens with one attached hydrogen (secondary N) is 6. The predicted molar refractivity (Wildman–Crippen MR) is 300 cm³/mol. The molecule has 16 nitrogen and oxygen atoms in total. The van der Waals surface area contributed by atoms with Crippen molar-refractivity contribution in [1.29, 1.82) is 0 Å². The SMILES string of the molecule is O=S(=O)(O)c1cc(Nc2cc(Nc3ccccc3)nc(Nc3ccc4ccccc4c3)n2)ccc1C=Cc1ccc(Nc2cc(Nc3ccccc3)nc(Nc3ccc4ccccc4c3)n2)cc1S(=O)(=O)O.[NaH].[NaH]. The molecule has 0 unspecified atom stereocenters. The molecule has 2 heterocycles. The number of nitrogens with zero attached hydrogens (tertiary/aromatic N) is 4. The topological polar surface area (TPSA) is 232 Å². The molecule has 20 heteroatoms. The molecule has 0 aliphatic carbocycles. The summed E-state index contributed by atoms with van der Waals surface area (Å²) < 4.78 is 72.6. The van der Waals surface area contributed by atoms with Gasteiger partial charge in [-0.3, -0.25) is 9.11 Å². The molecule has 10 aromatic rings. The van der Waals surface area contributed by atoms with Crippen LogP contribution in [0.1, 0.15) is 11.1 Å². The molecule has 0 bridgehead atoms. The third kappa shape index (κ3) is 13.5. The van der Waals surface area contributed by atoms with Crippen LogP contribution in [0.3, 0.4) is 0 Å². The van der Waals surface area contributed by atoms with Gasteiger partial charge in [-0.1, -0.05) is 121 Å². The van der Waals surface area contributed by atoms with Crippen LogP contribution in [-0.4, -0.2) is 105 Å². The van der Waals surface area contributed by atoms with Crippen molar-refractivity contribution < 1.29 is 25.9 Å². The number of para-hydroxylation sites is 2. The van der Waals surface area contributed by atoms with Crippen molar-refractivity contribution in [2.45, 2.75) is 9.79 Å². The van der Waals surface area contributed by atoms with Crippen LogP contribution in [-0.2, 0) is 20.2 Å². The summed E-state index contributed by atoms with van der Waals surface area (Å²) in [5, 5.41) is 23.5. The number of hydrogen-bond donors (Lipinski definition) is 8. The quantitative estimate of drug-likeness (QED) is 0.0255. The molecule has 360 valence electrons. The van der Waals surface area contributed by atoms with Gasteiger partial charge in [-0.25, -0.2) is 0 Å². The van der Waals surface area contributed by atoms with Crippen molar-refractivity contribution in [2.24, 2.45) is 0 Å². The van der Waals surface area contributed by atoms with E-state index in [-0.39, 0.29) is 105 Å². The number of benzene rings is 8. The molecule has 8 N–H and O–H groups in total. The van der Waals surface area contributed by atoms with Crippen LogP contribution >= 0.6 is 0 Å². The Hall–Kier alpha value is -7.20. The van der Waals surface area contributed by atoms with E-state index in [4.69, 9.17) is 0 Å². The maximum atomic E-state index is 12.9. The standard InChI is InChI=1S/C54H42N10O6S2.2Na.2H/c65-71(66,67)47-31-45(57-51-33-49(55-41-15-3-1-4-16-41)61-53(63-51)59-43-25-21-35-11-7-9-13-39(35)29-43)27-23-37(47)19-20-38-24-28-46(32-48(38)72(68,69)70)58-52-34-50(56-42-17-5-2-6-18-42)62-54(64-52)60-44-26-22-36-12-8-10-14-40(36)30-44;;;;/h1-34H,(H,65,66,67)(H,68,69,70)(H3,55,57,59,61,63)(H3,56,58,60,62,64);;;;. The maximum absolute atomic E-state index is 12.9. The third-order valence-corrected chi connectivity index (χ3v) is 12.9. The minimum absolute atomic E-state index is 0. The van der Waals surface area contributed by atoms with E-state index in [1.54, 1.807) is 24.3 Å². The van der Waals surface area contributed by atoms with Gasteiger partial charge in [-0.2, -0.15) is 36.8 Å². The molecule has 0 radical (unpaired) electrons. The van der Waals surface area contributed by atoms with E-state index in [0.29, 0.717) is 11.6 Å². The van der Waals surface area contributed by atoms with Crippen LogP contribution in [0, 0.1) is 0 Å². The van der Waals surface area contributed by atoms with Crippen molar-refractivity contribution >= 4 is 182 Å². The summed E-state index contributed by atoms with van der Waals surface area (Å²) in [4.78, 5) is 17.7. The van der Waals surface area contributed by atoms with Gasteiger partial charge in [-0.15, -0.1) is 0 Å². The Bertz CT molecular complexity index is 3660. The molecule has 74 heavy (non-hydrogen) atoms. The second kappa shape index (κ2) is 23.3. The molecule has 10 rings (SSSR count). The van der Waals surface area contributed by atoms with Gasteiger partial charge in [0.1, 0.15) is 33.1 Å². The Morgan fingerprint density at radius 1 is 0.324 bits per heavy atom. The first-order chi connectivity index (χ1) is 34.8. The fourth-order valence-corrected chi connectivity index (χ4v) is 9.23. The molecule has 0 fully saturated rings. The van der Waals surface area contributed by atoms with Crippen LogP contribution < -0.4 is 31.9 Å². The Balaban J connectivity index is 0.00000364. The van der Waals surface area contributed by atoms with Gasteiger partial charge in [0.15, 0.2) is 0 Å². The van der Waals surface area contributed by atoms with E-state index in [0.717, 1.165) is 44.3 Å². The number of fused-ring (bicyclic) bond motifs is 2. The first-order valence-electron chi connectivity index (χ1n) is 22.2. The van der Waals surface area contributed by atoms with E-state index in [1.807, 2.05) is 146 Å². The molecule has 2 aromatic heterocycles. The van der Waals surface area contributed by atoms with Crippen LogP contribution in [0.4, 0.5) is 69.3 Å². The summed E-state index contributed by atoms with van der Waals surface area (Å²) in [6.45, 7) is 0. The van der Waals surface area contributed by atoms with Gasteiger partial charge in [0.2, 0.25) is 11.9 Å². The zero-order chi connectivity index (χ0) is 49.7. The summed E-state index contributed by atoms with van der Waals surface area (Å²) in [5.74, 6) is 1.89. The Labute approximate surface area is 470 Å². The molecule has 0 spiro atoms. The monoisotopic (exact) mass is 1040 g/mol. The van der Waals surface area contributed by atoms with E-state index in [9.17, 15) is 25.9 Å². The van der Waals surface area contributed by atoms with Gasteiger partial charge in [0.05, 0.1) is 0 Å². The second-order valence-corrected chi connectivity index (χ2v) is 19.1. The number of aromatic nitrogens is 4. The van der Waals surface area contributed by atoms with Crippen LogP contribution in [0.15, 0.2) is 204 Å². The normalized spacial score (nSPS) is 11.3. The van der Waals surface area contributed by atoms with Gasteiger partial charge in [-0.05, 0) is 105 Å².